The Morgan fingerprint density at radius 2 is 2.06 bits per heavy atom. The average molecular weight is 214 g/mol. The van der Waals surface area contributed by atoms with E-state index in [0.29, 0.717) is 5.69 Å². The number of phenolic OH excluding ortho intramolecular Hbond substituents is 1. The second-order valence-electron chi connectivity index (χ2n) is 3.15. The van der Waals surface area contributed by atoms with E-state index >= 15 is 0 Å². The third-order valence-corrected chi connectivity index (χ3v) is 2.17. The zero-order valence-corrected chi connectivity index (χ0v) is 8.18. The number of hydrogen-bond donors (Lipinski definition) is 1. The van der Waals surface area contributed by atoms with Crippen molar-refractivity contribution >= 4 is 0 Å². The molecule has 4 heteroatoms. The molecule has 0 aliphatic carbocycles. The quantitative estimate of drug-likeness (QED) is 0.793. The lowest BCUT2D eigenvalue weighted by molar-refractivity contribution is 0.467. The normalized spacial score (nSPS) is 9.75. The number of aromatic nitrogens is 1. The minimum absolute atomic E-state index is 0.204. The summed E-state index contributed by atoms with van der Waals surface area (Å²) in [6.07, 6.45) is 1.54. The van der Waals surface area contributed by atoms with Crippen LogP contribution >= 0.6 is 0 Å². The predicted octanol–water partition coefficient (Wildman–Crippen LogP) is 2.46. The molecule has 0 bridgehead atoms. The molecule has 2 rings (SSSR count). The van der Waals surface area contributed by atoms with Crippen molar-refractivity contribution in [3.05, 3.63) is 47.9 Å². The van der Waals surface area contributed by atoms with Gasteiger partial charge in [0.25, 0.3) is 0 Å². The van der Waals surface area contributed by atoms with Crippen LogP contribution in [0.1, 0.15) is 5.56 Å². The lowest BCUT2D eigenvalue weighted by Gasteiger charge is -2.04. The van der Waals surface area contributed by atoms with Crippen LogP contribution in [0.3, 0.4) is 0 Å². The van der Waals surface area contributed by atoms with Gasteiger partial charge < -0.3 is 5.11 Å². The number of phenols is 1. The van der Waals surface area contributed by atoms with Gasteiger partial charge in [0, 0.05) is 11.8 Å². The number of nitrogens with zero attached hydrogens (tertiary/aromatic N) is 2. The second-order valence-corrected chi connectivity index (χ2v) is 3.15. The van der Waals surface area contributed by atoms with Gasteiger partial charge in [0.2, 0.25) is 0 Å². The smallest absolute Gasteiger partial charge is 0.154 e. The van der Waals surface area contributed by atoms with Gasteiger partial charge in [-0.25, -0.2) is 4.39 Å². The van der Waals surface area contributed by atoms with E-state index in [9.17, 15) is 9.50 Å². The minimum Gasteiger partial charge on any atom is -0.506 e. The van der Waals surface area contributed by atoms with Crippen molar-refractivity contribution < 1.29 is 9.50 Å². The third-order valence-electron chi connectivity index (χ3n) is 2.17. The first-order chi connectivity index (χ1) is 7.74. The first-order valence-electron chi connectivity index (χ1n) is 4.57. The fraction of sp³-hybridized carbons (Fsp3) is 0. The van der Waals surface area contributed by atoms with Crippen LogP contribution in [0.25, 0.3) is 11.3 Å². The standard InChI is InChI=1S/C12H7FN2O/c13-12-8(10-3-1-2-6-15-10)4-5-11(16)9(12)7-14/h1-6,16H. The van der Waals surface area contributed by atoms with Gasteiger partial charge in [-0.05, 0) is 24.3 Å². The summed E-state index contributed by atoms with van der Waals surface area (Å²) in [4.78, 5) is 3.98. The average Bonchev–Trinajstić information content (AvgIpc) is 2.31. The van der Waals surface area contributed by atoms with Crippen LogP contribution in [0, 0.1) is 17.1 Å². The molecule has 0 fully saturated rings. The number of rotatable bonds is 1. The predicted molar refractivity (Wildman–Crippen MR) is 56.0 cm³/mol. The van der Waals surface area contributed by atoms with Gasteiger partial charge >= 0.3 is 0 Å². The number of pyridine rings is 1. The maximum absolute atomic E-state index is 13.8. The van der Waals surface area contributed by atoms with E-state index in [2.05, 4.69) is 4.98 Å². The van der Waals surface area contributed by atoms with Gasteiger partial charge in [0.05, 0.1) is 5.69 Å². The second kappa shape index (κ2) is 3.99. The summed E-state index contributed by atoms with van der Waals surface area (Å²) in [5.74, 6) is -1.11. The number of nitriles is 1. The largest absolute Gasteiger partial charge is 0.506 e. The van der Waals surface area contributed by atoms with E-state index in [0.717, 1.165) is 0 Å². The highest BCUT2D eigenvalue weighted by Crippen LogP contribution is 2.28. The highest BCUT2D eigenvalue weighted by atomic mass is 19.1. The molecule has 3 nitrogen and oxygen atoms in total. The van der Waals surface area contributed by atoms with Crippen molar-refractivity contribution in [2.45, 2.75) is 0 Å². The van der Waals surface area contributed by atoms with E-state index in [1.807, 2.05) is 0 Å². The van der Waals surface area contributed by atoms with Gasteiger partial charge in [-0.3, -0.25) is 4.98 Å². The van der Waals surface area contributed by atoms with E-state index in [-0.39, 0.29) is 16.9 Å². The van der Waals surface area contributed by atoms with Gasteiger partial charge in [-0.1, -0.05) is 6.07 Å². The number of benzene rings is 1. The van der Waals surface area contributed by atoms with Crippen LogP contribution in [-0.2, 0) is 0 Å². The van der Waals surface area contributed by atoms with Gasteiger partial charge in [0.1, 0.15) is 17.4 Å². The summed E-state index contributed by atoms with van der Waals surface area (Å²) in [6, 6.07) is 9.37. The Morgan fingerprint density at radius 1 is 1.25 bits per heavy atom. The highest BCUT2D eigenvalue weighted by Gasteiger charge is 2.14. The zero-order chi connectivity index (χ0) is 11.5. The number of aromatic hydroxyl groups is 1. The Hall–Kier alpha value is -2.41. The first-order valence-corrected chi connectivity index (χ1v) is 4.57. The summed E-state index contributed by atoms with van der Waals surface area (Å²) in [6.45, 7) is 0. The van der Waals surface area contributed by atoms with Crippen molar-refractivity contribution in [3.8, 4) is 23.1 Å². The zero-order valence-electron chi connectivity index (χ0n) is 8.18. The topological polar surface area (TPSA) is 56.9 Å². The number of halogens is 1. The van der Waals surface area contributed by atoms with Crippen molar-refractivity contribution in [2.24, 2.45) is 0 Å². The molecular weight excluding hydrogens is 207 g/mol. The minimum atomic E-state index is -0.749. The van der Waals surface area contributed by atoms with E-state index < -0.39 is 5.82 Å². The molecule has 2 aromatic rings. The van der Waals surface area contributed by atoms with Crippen LogP contribution in [0.5, 0.6) is 5.75 Å². The molecule has 1 aromatic carbocycles. The lowest BCUT2D eigenvalue weighted by atomic mass is 10.1. The van der Waals surface area contributed by atoms with Crippen LogP contribution in [0.15, 0.2) is 36.5 Å². The van der Waals surface area contributed by atoms with Crippen LogP contribution in [-0.4, -0.2) is 10.1 Å². The molecule has 0 atom stereocenters. The molecule has 0 radical (unpaired) electrons. The fourth-order valence-corrected chi connectivity index (χ4v) is 1.39. The van der Waals surface area contributed by atoms with Crippen molar-refractivity contribution in [1.29, 1.82) is 5.26 Å². The fourth-order valence-electron chi connectivity index (χ4n) is 1.39. The molecule has 78 valence electrons. The Kier molecular flexibility index (Phi) is 2.52. The monoisotopic (exact) mass is 214 g/mol. The summed E-state index contributed by atoms with van der Waals surface area (Å²) < 4.78 is 13.8. The maximum Gasteiger partial charge on any atom is 0.154 e. The molecular formula is C12H7FN2O. The summed E-state index contributed by atoms with van der Waals surface area (Å²) in [7, 11) is 0. The van der Waals surface area contributed by atoms with E-state index in [1.165, 1.54) is 18.3 Å². The van der Waals surface area contributed by atoms with E-state index in [1.54, 1.807) is 24.3 Å². The highest BCUT2D eigenvalue weighted by molar-refractivity contribution is 5.64. The molecule has 0 aliphatic heterocycles. The SMILES string of the molecule is N#Cc1c(O)ccc(-c2ccccn2)c1F. The van der Waals surface area contributed by atoms with Crippen molar-refractivity contribution in [1.82, 2.24) is 4.98 Å². The molecule has 1 heterocycles. The molecule has 0 saturated carbocycles. The maximum atomic E-state index is 13.8. The molecule has 0 saturated heterocycles. The summed E-state index contributed by atoms with van der Waals surface area (Å²) in [5.41, 5.74) is 0.273. The molecule has 0 spiro atoms. The Balaban J connectivity index is 2.65. The lowest BCUT2D eigenvalue weighted by Crippen LogP contribution is -1.91. The number of hydrogen-bond acceptors (Lipinski definition) is 3. The van der Waals surface area contributed by atoms with Gasteiger partial charge in [-0.2, -0.15) is 5.26 Å². The van der Waals surface area contributed by atoms with Crippen LogP contribution in [0.2, 0.25) is 0 Å². The molecule has 0 aliphatic rings. The Labute approximate surface area is 91.4 Å². The van der Waals surface area contributed by atoms with Crippen molar-refractivity contribution in [2.75, 3.05) is 0 Å². The van der Waals surface area contributed by atoms with Gasteiger partial charge in [0.15, 0.2) is 5.82 Å². The van der Waals surface area contributed by atoms with Crippen LogP contribution < -0.4 is 0 Å². The molecule has 1 N–H and O–H groups in total. The first kappa shape index (κ1) is 10.1. The third kappa shape index (κ3) is 1.59. The summed E-state index contributed by atoms with van der Waals surface area (Å²) >= 11 is 0. The Morgan fingerprint density at radius 3 is 2.69 bits per heavy atom. The Bertz CT molecular complexity index is 561. The molecule has 1 aromatic heterocycles. The van der Waals surface area contributed by atoms with Gasteiger partial charge in [-0.15, -0.1) is 0 Å². The molecule has 16 heavy (non-hydrogen) atoms. The van der Waals surface area contributed by atoms with Crippen molar-refractivity contribution in [3.63, 3.8) is 0 Å². The molecule has 0 amide bonds. The summed E-state index contributed by atoms with van der Waals surface area (Å²) in [5, 5.41) is 18.0. The molecule has 0 unspecified atom stereocenters. The van der Waals surface area contributed by atoms with E-state index in [4.69, 9.17) is 5.26 Å². The van der Waals surface area contributed by atoms with Crippen LogP contribution in [0.4, 0.5) is 4.39 Å².